The fourth-order valence-corrected chi connectivity index (χ4v) is 1.75. The molecule has 6 nitrogen and oxygen atoms in total. The van der Waals surface area contributed by atoms with Crippen LogP contribution in [0.5, 0.6) is 0 Å². The zero-order valence-electron chi connectivity index (χ0n) is 12.2. The zero-order valence-corrected chi connectivity index (χ0v) is 12.2. The van der Waals surface area contributed by atoms with Crippen molar-refractivity contribution in [2.24, 2.45) is 0 Å². The van der Waals surface area contributed by atoms with E-state index in [4.69, 9.17) is 0 Å². The first kappa shape index (κ1) is 15.6. The number of hydrogen-bond donors (Lipinski definition) is 1. The van der Waals surface area contributed by atoms with Crippen LogP contribution in [-0.4, -0.2) is 40.3 Å². The normalized spacial score (nSPS) is 10.1. The Hall–Kier alpha value is -2.83. The lowest BCUT2D eigenvalue weighted by molar-refractivity contribution is -0.116. The minimum atomic E-state index is -0.447. The molecule has 2 aromatic rings. The molecule has 7 heteroatoms. The van der Waals surface area contributed by atoms with Gasteiger partial charge in [0.2, 0.25) is 5.91 Å². The lowest BCUT2D eigenvalue weighted by Crippen LogP contribution is -2.35. The monoisotopic (exact) mass is 302 g/mol. The average molecular weight is 302 g/mol. The van der Waals surface area contributed by atoms with Crippen molar-refractivity contribution in [1.29, 1.82) is 0 Å². The van der Waals surface area contributed by atoms with Crippen LogP contribution in [-0.2, 0) is 4.79 Å². The van der Waals surface area contributed by atoms with E-state index in [-0.39, 0.29) is 12.2 Å². The largest absolute Gasteiger partial charge is 0.331 e. The highest BCUT2D eigenvalue weighted by Gasteiger charge is 2.16. The van der Waals surface area contributed by atoms with Crippen molar-refractivity contribution in [2.75, 3.05) is 18.9 Å². The predicted molar refractivity (Wildman–Crippen MR) is 78.8 cm³/mol. The van der Waals surface area contributed by atoms with E-state index in [1.54, 1.807) is 13.0 Å². The topological polar surface area (TPSA) is 75.2 Å². The smallest absolute Gasteiger partial charge is 0.274 e. The maximum Gasteiger partial charge on any atom is 0.274 e. The summed E-state index contributed by atoms with van der Waals surface area (Å²) in [5, 5.41) is 2.52. The Morgan fingerprint density at radius 2 is 2.05 bits per heavy atom. The molecule has 1 aromatic heterocycles. The number of rotatable bonds is 4. The van der Waals surface area contributed by atoms with Crippen LogP contribution >= 0.6 is 0 Å². The third-order valence-electron chi connectivity index (χ3n) is 2.84. The molecule has 114 valence electrons. The maximum atomic E-state index is 13.0. The lowest BCUT2D eigenvalue weighted by atomic mass is 10.3. The summed E-state index contributed by atoms with van der Waals surface area (Å²) in [5.41, 5.74) is 1.19. The molecule has 0 spiro atoms. The molecular formula is C15H15FN4O2. The Labute approximate surface area is 127 Å². The van der Waals surface area contributed by atoms with Crippen molar-refractivity contribution in [3.63, 3.8) is 0 Å². The van der Waals surface area contributed by atoms with Crippen LogP contribution in [0, 0.1) is 12.7 Å². The molecule has 0 aliphatic rings. The summed E-state index contributed by atoms with van der Waals surface area (Å²) >= 11 is 0. The second kappa shape index (κ2) is 6.75. The number of nitrogens with one attached hydrogen (secondary N) is 1. The van der Waals surface area contributed by atoms with E-state index in [1.807, 2.05) is 0 Å². The van der Waals surface area contributed by atoms with Crippen molar-refractivity contribution in [3.8, 4) is 0 Å². The molecule has 1 aromatic carbocycles. The number of amides is 2. The van der Waals surface area contributed by atoms with E-state index >= 15 is 0 Å². The summed E-state index contributed by atoms with van der Waals surface area (Å²) in [7, 11) is 1.48. The number of carbonyl (C=O) groups excluding carboxylic acids is 2. The van der Waals surface area contributed by atoms with Crippen molar-refractivity contribution in [2.45, 2.75) is 6.92 Å². The third-order valence-corrected chi connectivity index (χ3v) is 2.84. The Bertz CT molecular complexity index is 688. The second-order valence-electron chi connectivity index (χ2n) is 4.76. The van der Waals surface area contributed by atoms with Gasteiger partial charge in [-0.15, -0.1) is 0 Å². The molecule has 0 aliphatic heterocycles. The van der Waals surface area contributed by atoms with Gasteiger partial charge in [-0.05, 0) is 25.1 Å². The first-order chi connectivity index (χ1) is 10.5. The lowest BCUT2D eigenvalue weighted by Gasteiger charge is -2.16. The first-order valence-corrected chi connectivity index (χ1v) is 6.55. The van der Waals surface area contributed by atoms with Crippen molar-refractivity contribution >= 4 is 17.5 Å². The van der Waals surface area contributed by atoms with Gasteiger partial charge in [-0.25, -0.2) is 9.37 Å². The van der Waals surface area contributed by atoms with Gasteiger partial charge in [0.1, 0.15) is 11.5 Å². The molecule has 0 saturated carbocycles. The summed E-state index contributed by atoms with van der Waals surface area (Å²) in [6.07, 6.45) is 2.84. The van der Waals surface area contributed by atoms with Gasteiger partial charge in [0.25, 0.3) is 5.91 Å². The number of aryl methyl sites for hydroxylation is 1. The van der Waals surface area contributed by atoms with Crippen LogP contribution in [0.25, 0.3) is 0 Å². The van der Waals surface area contributed by atoms with Crippen molar-refractivity contribution in [1.82, 2.24) is 14.9 Å². The van der Waals surface area contributed by atoms with Gasteiger partial charge in [0, 0.05) is 18.9 Å². The highest BCUT2D eigenvalue weighted by molar-refractivity contribution is 5.98. The molecule has 2 rings (SSSR count). The van der Waals surface area contributed by atoms with E-state index in [9.17, 15) is 14.0 Å². The molecule has 0 radical (unpaired) electrons. The summed E-state index contributed by atoms with van der Waals surface area (Å²) < 4.78 is 13.0. The number of carbonyl (C=O) groups is 2. The van der Waals surface area contributed by atoms with Crippen LogP contribution in [0.2, 0.25) is 0 Å². The molecule has 0 saturated heterocycles. The van der Waals surface area contributed by atoms with E-state index in [1.165, 1.54) is 42.5 Å². The number of anilines is 1. The molecule has 0 bridgehead atoms. The SMILES string of the molecule is Cc1cnc(C(=O)N(C)CC(=O)Nc2cccc(F)c2)cn1. The molecule has 2 amide bonds. The van der Waals surface area contributed by atoms with Crippen LogP contribution in [0.3, 0.4) is 0 Å². The molecule has 0 aliphatic carbocycles. The summed E-state index contributed by atoms with van der Waals surface area (Å²) in [6.45, 7) is 1.59. The quantitative estimate of drug-likeness (QED) is 0.931. The highest BCUT2D eigenvalue weighted by atomic mass is 19.1. The van der Waals surface area contributed by atoms with E-state index < -0.39 is 17.6 Å². The fourth-order valence-electron chi connectivity index (χ4n) is 1.75. The predicted octanol–water partition coefficient (Wildman–Crippen LogP) is 1.63. The van der Waals surface area contributed by atoms with Crippen LogP contribution in [0.4, 0.5) is 10.1 Å². The number of benzene rings is 1. The fraction of sp³-hybridized carbons (Fsp3) is 0.200. The molecule has 1 N–H and O–H groups in total. The number of nitrogens with zero attached hydrogens (tertiary/aromatic N) is 3. The molecule has 0 atom stereocenters. The molecule has 22 heavy (non-hydrogen) atoms. The first-order valence-electron chi connectivity index (χ1n) is 6.55. The van der Waals surface area contributed by atoms with E-state index in [0.717, 1.165) is 0 Å². The van der Waals surface area contributed by atoms with Gasteiger partial charge in [0.05, 0.1) is 18.4 Å². The minimum absolute atomic E-state index is 0.159. The van der Waals surface area contributed by atoms with Crippen LogP contribution in [0.1, 0.15) is 16.2 Å². The summed E-state index contributed by atoms with van der Waals surface area (Å²) in [4.78, 5) is 33.1. The number of aromatic nitrogens is 2. The average Bonchev–Trinajstić information content (AvgIpc) is 2.47. The Morgan fingerprint density at radius 1 is 1.27 bits per heavy atom. The van der Waals surface area contributed by atoms with Gasteiger partial charge < -0.3 is 10.2 Å². The van der Waals surface area contributed by atoms with Crippen molar-refractivity contribution in [3.05, 3.63) is 53.9 Å². The van der Waals surface area contributed by atoms with E-state index in [0.29, 0.717) is 11.4 Å². The number of likely N-dealkylation sites (N-methyl/N-ethyl adjacent to an activating group) is 1. The molecule has 0 fully saturated rings. The Balaban J connectivity index is 1.96. The second-order valence-corrected chi connectivity index (χ2v) is 4.76. The highest BCUT2D eigenvalue weighted by Crippen LogP contribution is 2.09. The standard InChI is InChI=1S/C15H15FN4O2/c1-10-7-18-13(8-17-10)15(22)20(2)9-14(21)19-12-5-3-4-11(16)6-12/h3-8H,9H2,1-2H3,(H,19,21). The molecule has 0 unspecified atom stereocenters. The maximum absolute atomic E-state index is 13.0. The Kier molecular flexibility index (Phi) is 4.77. The third kappa shape index (κ3) is 4.08. The van der Waals surface area contributed by atoms with Crippen LogP contribution < -0.4 is 5.32 Å². The van der Waals surface area contributed by atoms with Crippen LogP contribution in [0.15, 0.2) is 36.7 Å². The van der Waals surface area contributed by atoms with E-state index in [2.05, 4.69) is 15.3 Å². The number of hydrogen-bond acceptors (Lipinski definition) is 4. The van der Waals surface area contributed by atoms with Gasteiger partial charge in [-0.1, -0.05) is 6.07 Å². The van der Waals surface area contributed by atoms with Gasteiger partial charge in [-0.2, -0.15) is 0 Å². The van der Waals surface area contributed by atoms with Crippen molar-refractivity contribution < 1.29 is 14.0 Å². The number of halogens is 1. The van der Waals surface area contributed by atoms with Gasteiger partial charge in [-0.3, -0.25) is 14.6 Å². The minimum Gasteiger partial charge on any atom is -0.331 e. The van der Waals surface area contributed by atoms with Gasteiger partial charge in [0.15, 0.2) is 0 Å². The summed E-state index contributed by atoms with van der Waals surface area (Å²) in [6, 6.07) is 5.53. The van der Waals surface area contributed by atoms with Gasteiger partial charge >= 0.3 is 0 Å². The zero-order chi connectivity index (χ0) is 16.1. The Morgan fingerprint density at radius 3 is 2.68 bits per heavy atom. The molecular weight excluding hydrogens is 287 g/mol. The molecule has 1 heterocycles. The summed E-state index contributed by atoms with van der Waals surface area (Å²) in [5.74, 6) is -1.29.